The molecule has 1 heterocycles. The highest BCUT2D eigenvalue weighted by Gasteiger charge is 2.16. The van der Waals surface area contributed by atoms with Gasteiger partial charge in [0.05, 0.1) is 24.7 Å². The van der Waals surface area contributed by atoms with Crippen molar-refractivity contribution in [2.24, 2.45) is 5.10 Å². The Hall–Kier alpha value is -3.58. The molecule has 7 nitrogen and oxygen atoms in total. The molecule has 166 valence electrons. The van der Waals surface area contributed by atoms with Crippen molar-refractivity contribution in [1.29, 1.82) is 0 Å². The molecule has 2 amide bonds. The average Bonchev–Trinajstić information content (AvgIpc) is 3.01. The summed E-state index contributed by atoms with van der Waals surface area (Å²) >= 11 is 5.95. The highest BCUT2D eigenvalue weighted by atomic mass is 35.5. The van der Waals surface area contributed by atoms with Gasteiger partial charge in [0, 0.05) is 22.0 Å². The van der Waals surface area contributed by atoms with Gasteiger partial charge in [0.15, 0.2) is 0 Å². The Balaban J connectivity index is 1.73. The van der Waals surface area contributed by atoms with Crippen LogP contribution in [0.25, 0.3) is 5.69 Å². The minimum atomic E-state index is -0.910. The van der Waals surface area contributed by atoms with E-state index in [-0.39, 0.29) is 0 Å². The Morgan fingerprint density at radius 2 is 1.72 bits per heavy atom. The van der Waals surface area contributed by atoms with Crippen LogP contribution in [0.1, 0.15) is 28.1 Å². The molecule has 0 saturated carbocycles. The van der Waals surface area contributed by atoms with Crippen LogP contribution in [0, 0.1) is 27.7 Å². The second-order valence-corrected chi connectivity index (χ2v) is 7.84. The Labute approximate surface area is 192 Å². The normalized spacial score (nSPS) is 10.9. The van der Waals surface area contributed by atoms with Crippen LogP contribution in [0.3, 0.4) is 0 Å². The van der Waals surface area contributed by atoms with E-state index in [1.807, 2.05) is 26.0 Å². The molecule has 8 heteroatoms. The standard InChI is InChI=1S/C24H25ClN4O3/c1-14-7-6-8-15(2)22(14)29-16(3)11-18(17(29)4)13-26-28-24(31)23(30)27-20-12-19(25)9-10-21(20)32-5/h6-13H,1-5H3,(H,27,30)(H,28,31)/b26-13-. The fraction of sp³-hybridized carbons (Fsp3) is 0.208. The van der Waals surface area contributed by atoms with Crippen molar-refractivity contribution in [3.63, 3.8) is 0 Å². The third-order valence-electron chi connectivity index (χ3n) is 5.12. The zero-order valence-corrected chi connectivity index (χ0v) is 19.4. The number of methoxy groups -OCH3 is 1. The average molecular weight is 453 g/mol. The quantitative estimate of drug-likeness (QED) is 0.340. The lowest BCUT2D eigenvalue weighted by Gasteiger charge is -2.15. The number of hydrogen-bond acceptors (Lipinski definition) is 4. The van der Waals surface area contributed by atoms with E-state index in [9.17, 15) is 9.59 Å². The van der Waals surface area contributed by atoms with Gasteiger partial charge in [0.25, 0.3) is 0 Å². The number of rotatable bonds is 5. The maximum Gasteiger partial charge on any atom is 0.329 e. The van der Waals surface area contributed by atoms with Gasteiger partial charge in [-0.2, -0.15) is 5.10 Å². The molecule has 0 radical (unpaired) electrons. The number of carbonyl (C=O) groups excluding carboxylic acids is 2. The predicted molar refractivity (Wildman–Crippen MR) is 127 cm³/mol. The number of aromatic nitrogens is 1. The number of hydrogen-bond donors (Lipinski definition) is 2. The van der Waals surface area contributed by atoms with Crippen LogP contribution in [-0.2, 0) is 9.59 Å². The number of para-hydroxylation sites is 1. The summed E-state index contributed by atoms with van der Waals surface area (Å²) in [5.74, 6) is -1.41. The van der Waals surface area contributed by atoms with Gasteiger partial charge >= 0.3 is 11.8 Å². The van der Waals surface area contributed by atoms with Crippen LogP contribution < -0.4 is 15.5 Å². The monoisotopic (exact) mass is 452 g/mol. The summed E-state index contributed by atoms with van der Waals surface area (Å²) in [6.07, 6.45) is 1.53. The molecular weight excluding hydrogens is 428 g/mol. The first-order valence-electron chi connectivity index (χ1n) is 9.96. The fourth-order valence-corrected chi connectivity index (χ4v) is 3.76. The molecule has 1 aromatic heterocycles. The summed E-state index contributed by atoms with van der Waals surface area (Å²) in [5.41, 5.74) is 8.86. The number of nitrogens with zero attached hydrogens (tertiary/aromatic N) is 2. The van der Waals surface area contributed by atoms with Gasteiger partial charge in [-0.15, -0.1) is 0 Å². The van der Waals surface area contributed by atoms with Crippen molar-refractivity contribution in [3.8, 4) is 11.4 Å². The molecule has 0 spiro atoms. The summed E-state index contributed by atoms with van der Waals surface area (Å²) in [6, 6.07) is 12.9. The van der Waals surface area contributed by atoms with E-state index < -0.39 is 11.8 Å². The molecule has 0 aliphatic rings. The number of carbonyl (C=O) groups is 2. The van der Waals surface area contributed by atoms with Crippen LogP contribution in [0.15, 0.2) is 47.6 Å². The number of ether oxygens (including phenoxy) is 1. The van der Waals surface area contributed by atoms with Crippen molar-refractivity contribution < 1.29 is 14.3 Å². The van der Waals surface area contributed by atoms with Crippen LogP contribution in [-0.4, -0.2) is 29.7 Å². The minimum Gasteiger partial charge on any atom is -0.495 e. The van der Waals surface area contributed by atoms with E-state index >= 15 is 0 Å². The van der Waals surface area contributed by atoms with E-state index in [1.54, 1.807) is 12.1 Å². The second-order valence-electron chi connectivity index (χ2n) is 7.40. The molecule has 0 fully saturated rings. The predicted octanol–water partition coefficient (Wildman–Crippen LogP) is 4.46. The summed E-state index contributed by atoms with van der Waals surface area (Å²) in [5, 5.41) is 6.83. The van der Waals surface area contributed by atoms with E-state index in [0.29, 0.717) is 16.5 Å². The fourth-order valence-electron chi connectivity index (χ4n) is 3.59. The molecule has 2 N–H and O–H groups in total. The Bertz CT molecular complexity index is 1190. The van der Waals surface area contributed by atoms with Crippen molar-refractivity contribution in [1.82, 2.24) is 9.99 Å². The number of amides is 2. The van der Waals surface area contributed by atoms with Gasteiger partial charge in [-0.05, 0) is 63.1 Å². The SMILES string of the molecule is COc1ccc(Cl)cc1NC(=O)C(=O)N/N=C\c1cc(C)n(-c2c(C)cccc2C)c1C. The van der Waals surface area contributed by atoms with Gasteiger partial charge in [0.1, 0.15) is 5.75 Å². The molecule has 0 unspecified atom stereocenters. The number of hydrazone groups is 1. The van der Waals surface area contributed by atoms with E-state index in [0.717, 1.165) is 33.8 Å². The maximum atomic E-state index is 12.2. The molecule has 0 saturated heterocycles. The van der Waals surface area contributed by atoms with Gasteiger partial charge in [-0.3, -0.25) is 9.59 Å². The number of aryl methyl sites for hydroxylation is 3. The van der Waals surface area contributed by atoms with Gasteiger partial charge in [-0.1, -0.05) is 29.8 Å². The topological polar surface area (TPSA) is 84.7 Å². The van der Waals surface area contributed by atoms with Crippen LogP contribution in [0.2, 0.25) is 5.02 Å². The molecule has 3 aromatic rings. The van der Waals surface area contributed by atoms with Crippen LogP contribution >= 0.6 is 11.6 Å². The smallest absolute Gasteiger partial charge is 0.329 e. The number of halogens is 1. The molecular formula is C24H25ClN4O3. The third-order valence-corrected chi connectivity index (χ3v) is 5.35. The molecule has 0 atom stereocenters. The van der Waals surface area contributed by atoms with E-state index in [1.165, 1.54) is 19.4 Å². The van der Waals surface area contributed by atoms with Crippen molar-refractivity contribution in [2.75, 3.05) is 12.4 Å². The molecule has 3 rings (SSSR count). The Morgan fingerprint density at radius 1 is 1.03 bits per heavy atom. The summed E-state index contributed by atoms with van der Waals surface area (Å²) in [7, 11) is 1.46. The number of benzene rings is 2. The van der Waals surface area contributed by atoms with Crippen LogP contribution in [0.5, 0.6) is 5.75 Å². The lowest BCUT2D eigenvalue weighted by Crippen LogP contribution is -2.32. The first-order chi connectivity index (χ1) is 15.2. The van der Waals surface area contributed by atoms with Crippen molar-refractivity contribution in [2.45, 2.75) is 27.7 Å². The number of anilines is 1. The molecule has 2 aromatic carbocycles. The summed E-state index contributed by atoms with van der Waals surface area (Å²) in [4.78, 5) is 24.4. The molecule has 0 bridgehead atoms. The van der Waals surface area contributed by atoms with Gasteiger partial charge in [-0.25, -0.2) is 5.43 Å². The highest BCUT2D eigenvalue weighted by Crippen LogP contribution is 2.28. The third kappa shape index (κ3) is 4.84. The van der Waals surface area contributed by atoms with Crippen molar-refractivity contribution >= 4 is 35.3 Å². The molecule has 32 heavy (non-hydrogen) atoms. The highest BCUT2D eigenvalue weighted by molar-refractivity contribution is 6.40. The minimum absolute atomic E-state index is 0.293. The molecule has 0 aliphatic carbocycles. The van der Waals surface area contributed by atoms with Gasteiger partial charge in [0.2, 0.25) is 0 Å². The Morgan fingerprint density at radius 3 is 2.38 bits per heavy atom. The zero-order chi connectivity index (χ0) is 23.4. The first kappa shape index (κ1) is 23.1. The molecule has 0 aliphatic heterocycles. The lowest BCUT2D eigenvalue weighted by molar-refractivity contribution is -0.136. The van der Waals surface area contributed by atoms with Crippen molar-refractivity contribution in [3.05, 3.63) is 75.6 Å². The Kier molecular flexibility index (Phi) is 7.00. The van der Waals surface area contributed by atoms with E-state index in [4.69, 9.17) is 16.3 Å². The number of nitrogens with one attached hydrogen (secondary N) is 2. The lowest BCUT2D eigenvalue weighted by atomic mass is 10.1. The summed E-state index contributed by atoms with van der Waals surface area (Å²) in [6.45, 7) is 8.15. The van der Waals surface area contributed by atoms with Crippen LogP contribution in [0.4, 0.5) is 5.69 Å². The summed E-state index contributed by atoms with van der Waals surface area (Å²) < 4.78 is 7.32. The second kappa shape index (κ2) is 9.70. The van der Waals surface area contributed by atoms with E-state index in [2.05, 4.69) is 46.4 Å². The largest absolute Gasteiger partial charge is 0.495 e. The zero-order valence-electron chi connectivity index (χ0n) is 18.6. The van der Waals surface area contributed by atoms with Gasteiger partial charge < -0.3 is 14.6 Å². The first-order valence-corrected chi connectivity index (χ1v) is 10.3. The maximum absolute atomic E-state index is 12.2.